The summed E-state index contributed by atoms with van der Waals surface area (Å²) in [5.41, 5.74) is 6.51. The van der Waals surface area contributed by atoms with Crippen LogP contribution < -0.4 is 16.0 Å². The molecule has 1 saturated heterocycles. The van der Waals surface area contributed by atoms with Crippen molar-refractivity contribution in [1.29, 1.82) is 0 Å². The maximum absolute atomic E-state index is 11.7. The third-order valence-corrected chi connectivity index (χ3v) is 3.39. The van der Waals surface area contributed by atoms with Crippen LogP contribution in [-0.4, -0.2) is 38.1 Å². The van der Waals surface area contributed by atoms with Gasteiger partial charge in [0.1, 0.15) is 6.61 Å². The van der Waals surface area contributed by atoms with Gasteiger partial charge in [-0.3, -0.25) is 9.59 Å². The Morgan fingerprint density at radius 1 is 1.48 bits per heavy atom. The molecule has 2 rings (SSSR count). The second kappa shape index (κ2) is 7.40. The van der Waals surface area contributed by atoms with E-state index in [1.165, 1.54) is 0 Å². The van der Waals surface area contributed by atoms with Gasteiger partial charge >= 0.3 is 0 Å². The SMILES string of the molecule is NCCOCC(=O)Nc1ccc(N2CCCC2=O)c(Cl)c1. The average molecular weight is 312 g/mol. The number of carbonyl (C=O) groups is 2. The van der Waals surface area contributed by atoms with Gasteiger partial charge < -0.3 is 20.7 Å². The molecule has 0 saturated carbocycles. The topological polar surface area (TPSA) is 84.7 Å². The highest BCUT2D eigenvalue weighted by Crippen LogP contribution is 2.31. The molecule has 7 heteroatoms. The lowest BCUT2D eigenvalue weighted by atomic mass is 10.2. The van der Waals surface area contributed by atoms with Crippen LogP contribution in [0.5, 0.6) is 0 Å². The first-order valence-corrected chi connectivity index (χ1v) is 7.17. The number of rotatable bonds is 6. The lowest BCUT2D eigenvalue weighted by Gasteiger charge is -2.18. The number of hydrogen-bond donors (Lipinski definition) is 2. The maximum atomic E-state index is 11.7. The quantitative estimate of drug-likeness (QED) is 0.777. The highest BCUT2D eigenvalue weighted by atomic mass is 35.5. The molecule has 1 fully saturated rings. The van der Waals surface area contributed by atoms with Gasteiger partial charge in [0.15, 0.2) is 0 Å². The fraction of sp³-hybridized carbons (Fsp3) is 0.429. The van der Waals surface area contributed by atoms with E-state index in [4.69, 9.17) is 22.1 Å². The summed E-state index contributed by atoms with van der Waals surface area (Å²) in [5, 5.41) is 3.11. The van der Waals surface area contributed by atoms with Crippen LogP contribution in [-0.2, 0) is 14.3 Å². The molecule has 114 valence electrons. The number of anilines is 2. The lowest BCUT2D eigenvalue weighted by Crippen LogP contribution is -2.24. The summed E-state index contributed by atoms with van der Waals surface area (Å²) < 4.78 is 5.04. The Hall–Kier alpha value is -1.63. The van der Waals surface area contributed by atoms with Crippen molar-refractivity contribution in [3.63, 3.8) is 0 Å². The highest BCUT2D eigenvalue weighted by Gasteiger charge is 2.23. The molecule has 1 heterocycles. The predicted octanol–water partition coefficient (Wildman–Crippen LogP) is 1.38. The smallest absolute Gasteiger partial charge is 0.250 e. The second-order valence-electron chi connectivity index (χ2n) is 4.70. The van der Waals surface area contributed by atoms with Crippen LogP contribution in [0.25, 0.3) is 0 Å². The number of nitrogens with zero attached hydrogens (tertiary/aromatic N) is 1. The molecule has 1 aliphatic heterocycles. The summed E-state index contributed by atoms with van der Waals surface area (Å²) in [5.74, 6) is -0.201. The lowest BCUT2D eigenvalue weighted by molar-refractivity contribution is -0.120. The Labute approximate surface area is 128 Å². The molecule has 21 heavy (non-hydrogen) atoms. The predicted molar refractivity (Wildman–Crippen MR) is 81.5 cm³/mol. The molecule has 3 N–H and O–H groups in total. The standard InChI is InChI=1S/C14H18ClN3O3/c15-11-8-10(17-13(19)9-21-7-5-16)3-4-12(11)18-6-1-2-14(18)20/h3-4,8H,1-2,5-7,9,16H2,(H,17,19). The number of benzene rings is 1. The summed E-state index contributed by atoms with van der Waals surface area (Å²) in [7, 11) is 0. The number of carbonyl (C=O) groups excluding carboxylic acids is 2. The number of hydrogen-bond acceptors (Lipinski definition) is 4. The summed E-state index contributed by atoms with van der Waals surface area (Å²) in [4.78, 5) is 25.0. The van der Waals surface area contributed by atoms with Crippen molar-refractivity contribution in [1.82, 2.24) is 0 Å². The maximum Gasteiger partial charge on any atom is 0.250 e. The summed E-state index contributed by atoms with van der Waals surface area (Å²) in [6.45, 7) is 1.33. The van der Waals surface area contributed by atoms with Crippen molar-refractivity contribution in [3.8, 4) is 0 Å². The number of amides is 2. The van der Waals surface area contributed by atoms with Crippen molar-refractivity contribution < 1.29 is 14.3 Å². The zero-order valence-corrected chi connectivity index (χ0v) is 12.4. The van der Waals surface area contributed by atoms with Gasteiger partial charge in [-0.05, 0) is 24.6 Å². The van der Waals surface area contributed by atoms with Crippen LogP contribution in [0.1, 0.15) is 12.8 Å². The van der Waals surface area contributed by atoms with Crippen molar-refractivity contribution >= 4 is 34.8 Å². The van der Waals surface area contributed by atoms with Crippen LogP contribution in [0.3, 0.4) is 0 Å². The molecule has 0 radical (unpaired) electrons. The van der Waals surface area contributed by atoms with Crippen LogP contribution in [0.2, 0.25) is 5.02 Å². The first kappa shape index (κ1) is 15.8. The molecule has 0 atom stereocenters. The normalized spacial score (nSPS) is 14.6. The van der Waals surface area contributed by atoms with Crippen molar-refractivity contribution in [2.75, 3.05) is 36.5 Å². The first-order valence-electron chi connectivity index (χ1n) is 6.79. The fourth-order valence-electron chi connectivity index (χ4n) is 2.15. The van der Waals surface area contributed by atoms with E-state index >= 15 is 0 Å². The molecule has 1 aliphatic rings. The zero-order chi connectivity index (χ0) is 15.2. The van der Waals surface area contributed by atoms with E-state index in [-0.39, 0.29) is 18.4 Å². The van der Waals surface area contributed by atoms with Crippen LogP contribution in [0.4, 0.5) is 11.4 Å². The highest BCUT2D eigenvalue weighted by molar-refractivity contribution is 6.34. The van der Waals surface area contributed by atoms with E-state index in [1.54, 1.807) is 23.1 Å². The molecule has 0 aromatic heterocycles. The Balaban J connectivity index is 1.98. The van der Waals surface area contributed by atoms with E-state index in [9.17, 15) is 9.59 Å². The number of ether oxygens (including phenoxy) is 1. The van der Waals surface area contributed by atoms with E-state index in [0.717, 1.165) is 6.42 Å². The van der Waals surface area contributed by atoms with Gasteiger partial charge in [-0.25, -0.2) is 0 Å². The molecule has 0 bridgehead atoms. The van der Waals surface area contributed by atoms with Gasteiger partial charge in [-0.1, -0.05) is 11.6 Å². The molecular formula is C14H18ClN3O3. The minimum atomic E-state index is -0.274. The molecule has 1 aromatic carbocycles. The summed E-state index contributed by atoms with van der Waals surface area (Å²) >= 11 is 6.19. The molecule has 0 spiro atoms. The van der Waals surface area contributed by atoms with E-state index < -0.39 is 0 Å². The molecule has 1 aromatic rings. The first-order chi connectivity index (χ1) is 10.1. The number of nitrogens with two attached hydrogens (primary N) is 1. The summed E-state index contributed by atoms with van der Waals surface area (Å²) in [6.07, 6.45) is 1.39. The average Bonchev–Trinajstić information content (AvgIpc) is 2.85. The molecule has 0 unspecified atom stereocenters. The van der Waals surface area contributed by atoms with Gasteiger partial charge in [0.05, 0.1) is 17.3 Å². The van der Waals surface area contributed by atoms with E-state index in [2.05, 4.69) is 5.32 Å². The Morgan fingerprint density at radius 3 is 2.90 bits per heavy atom. The van der Waals surface area contributed by atoms with Crippen molar-refractivity contribution in [2.24, 2.45) is 5.73 Å². The van der Waals surface area contributed by atoms with Crippen LogP contribution >= 0.6 is 11.6 Å². The molecule has 6 nitrogen and oxygen atoms in total. The van der Waals surface area contributed by atoms with Gasteiger partial charge in [-0.15, -0.1) is 0 Å². The summed E-state index contributed by atoms with van der Waals surface area (Å²) in [6, 6.07) is 5.08. The van der Waals surface area contributed by atoms with Gasteiger partial charge in [0.2, 0.25) is 11.8 Å². The van der Waals surface area contributed by atoms with Crippen LogP contribution in [0, 0.1) is 0 Å². The fourth-order valence-corrected chi connectivity index (χ4v) is 2.43. The third-order valence-electron chi connectivity index (χ3n) is 3.09. The largest absolute Gasteiger partial charge is 0.370 e. The second-order valence-corrected chi connectivity index (χ2v) is 5.11. The number of nitrogens with one attached hydrogen (secondary N) is 1. The van der Waals surface area contributed by atoms with Crippen LogP contribution in [0.15, 0.2) is 18.2 Å². The minimum Gasteiger partial charge on any atom is -0.370 e. The monoisotopic (exact) mass is 311 g/mol. The Morgan fingerprint density at radius 2 is 2.29 bits per heavy atom. The Bertz CT molecular complexity index is 536. The van der Waals surface area contributed by atoms with Gasteiger partial charge in [-0.2, -0.15) is 0 Å². The van der Waals surface area contributed by atoms with Crippen molar-refractivity contribution in [3.05, 3.63) is 23.2 Å². The van der Waals surface area contributed by atoms with Gasteiger partial charge in [0, 0.05) is 25.2 Å². The number of halogens is 1. The molecule has 2 amide bonds. The molecular weight excluding hydrogens is 294 g/mol. The van der Waals surface area contributed by atoms with Crippen molar-refractivity contribution in [2.45, 2.75) is 12.8 Å². The third kappa shape index (κ3) is 4.17. The van der Waals surface area contributed by atoms with E-state index in [0.29, 0.717) is 42.5 Å². The molecule has 0 aliphatic carbocycles. The minimum absolute atomic E-state index is 0.0544. The van der Waals surface area contributed by atoms with Gasteiger partial charge in [0.25, 0.3) is 0 Å². The Kier molecular flexibility index (Phi) is 5.55. The zero-order valence-electron chi connectivity index (χ0n) is 11.6. The van der Waals surface area contributed by atoms with E-state index in [1.807, 2.05) is 0 Å².